The number of halogens is 5. The minimum absolute atomic E-state index is 0.149. The summed E-state index contributed by atoms with van der Waals surface area (Å²) >= 11 is 0. The van der Waals surface area contributed by atoms with E-state index in [1.54, 1.807) is 0 Å². The molecule has 0 bridgehead atoms. The van der Waals surface area contributed by atoms with E-state index in [1.807, 2.05) is 0 Å². The Balaban J connectivity index is 2.20. The highest BCUT2D eigenvalue weighted by molar-refractivity contribution is 5.76. The first-order chi connectivity index (χ1) is 11.3. The second-order valence-corrected chi connectivity index (χ2v) is 4.69. The molecule has 0 N–H and O–H groups in total. The number of carbonyl (C=O) groups is 1. The van der Waals surface area contributed by atoms with Crippen LogP contribution in [0.3, 0.4) is 0 Å². The molecule has 0 heterocycles. The molecule has 0 atom stereocenters. The minimum Gasteiger partial charge on any atom is -0.485 e. The molecular formula is C16H11F5O3. The van der Waals surface area contributed by atoms with Gasteiger partial charge in [-0.25, -0.2) is 0 Å². The van der Waals surface area contributed by atoms with Gasteiger partial charge in [0.25, 0.3) is 0 Å². The number of hydrogen-bond donors (Lipinski definition) is 0. The van der Waals surface area contributed by atoms with Gasteiger partial charge < -0.3 is 9.47 Å². The van der Waals surface area contributed by atoms with E-state index in [9.17, 15) is 26.7 Å². The molecule has 0 radical (unpaired) electrons. The molecule has 2 rings (SSSR count). The summed E-state index contributed by atoms with van der Waals surface area (Å²) < 4.78 is 72.2. The van der Waals surface area contributed by atoms with Crippen LogP contribution in [0.4, 0.5) is 22.0 Å². The Kier molecular flexibility index (Phi) is 5.38. The van der Waals surface area contributed by atoms with E-state index in [1.165, 1.54) is 24.3 Å². The smallest absolute Gasteiger partial charge is 0.416 e. The summed E-state index contributed by atoms with van der Waals surface area (Å²) in [6, 6.07) is 7.93. The molecule has 24 heavy (non-hydrogen) atoms. The van der Waals surface area contributed by atoms with Crippen molar-refractivity contribution in [3.8, 4) is 11.5 Å². The maximum atomic E-state index is 12.7. The summed E-state index contributed by atoms with van der Waals surface area (Å²) in [6.07, 6.45) is -4.03. The maximum Gasteiger partial charge on any atom is 0.416 e. The summed E-state index contributed by atoms with van der Waals surface area (Å²) in [4.78, 5) is 10.8. The van der Waals surface area contributed by atoms with Gasteiger partial charge in [0.05, 0.1) is 5.56 Å². The molecule has 0 spiro atoms. The highest BCUT2D eigenvalue weighted by Gasteiger charge is 2.30. The van der Waals surface area contributed by atoms with Crippen molar-refractivity contribution in [2.75, 3.05) is 0 Å². The van der Waals surface area contributed by atoms with Gasteiger partial charge in [-0.05, 0) is 35.9 Å². The Hall–Kier alpha value is -2.64. The van der Waals surface area contributed by atoms with Crippen LogP contribution in [-0.4, -0.2) is 12.9 Å². The first-order valence-electron chi connectivity index (χ1n) is 6.62. The Morgan fingerprint density at radius 2 is 1.79 bits per heavy atom. The molecule has 0 aliphatic carbocycles. The molecule has 8 heteroatoms. The van der Waals surface area contributed by atoms with Crippen LogP contribution in [0.15, 0.2) is 42.5 Å². The lowest BCUT2D eigenvalue weighted by molar-refractivity contribution is -0.137. The number of carbonyl (C=O) groups excluding carboxylic acids is 1. The Bertz CT molecular complexity index is 713. The molecule has 128 valence electrons. The molecule has 3 nitrogen and oxygen atoms in total. The van der Waals surface area contributed by atoms with E-state index >= 15 is 0 Å². The van der Waals surface area contributed by atoms with Crippen LogP contribution >= 0.6 is 0 Å². The second kappa shape index (κ2) is 7.29. The standard InChI is InChI=1S/C16H11F5O3/c17-15(18)24-13-5-4-10(8-22)7-14(13)23-9-11-2-1-3-12(6-11)16(19,20)21/h1-8,15H,9H2. The van der Waals surface area contributed by atoms with E-state index in [0.717, 1.165) is 18.2 Å². The van der Waals surface area contributed by atoms with Crippen molar-refractivity contribution in [3.05, 3.63) is 59.2 Å². The van der Waals surface area contributed by atoms with Crippen molar-refractivity contribution in [2.24, 2.45) is 0 Å². The summed E-state index contributed by atoms with van der Waals surface area (Å²) in [6.45, 7) is -3.42. The summed E-state index contributed by atoms with van der Waals surface area (Å²) in [5, 5.41) is 0. The average molecular weight is 346 g/mol. The highest BCUT2D eigenvalue weighted by atomic mass is 19.4. The lowest BCUT2D eigenvalue weighted by Gasteiger charge is -2.13. The fraction of sp³-hybridized carbons (Fsp3) is 0.188. The zero-order valence-corrected chi connectivity index (χ0v) is 12.0. The molecule has 0 saturated heterocycles. The van der Waals surface area contributed by atoms with Crippen LogP contribution in [0.2, 0.25) is 0 Å². The number of rotatable bonds is 6. The van der Waals surface area contributed by atoms with Gasteiger partial charge >= 0.3 is 12.8 Å². The first kappa shape index (κ1) is 17.7. The van der Waals surface area contributed by atoms with Crippen LogP contribution < -0.4 is 9.47 Å². The lowest BCUT2D eigenvalue weighted by atomic mass is 10.1. The molecule has 0 saturated carbocycles. The zero-order chi connectivity index (χ0) is 17.7. The van der Waals surface area contributed by atoms with Gasteiger partial charge in [-0.15, -0.1) is 0 Å². The average Bonchev–Trinajstić information content (AvgIpc) is 2.53. The molecule has 2 aromatic carbocycles. The molecule has 0 fully saturated rings. The van der Waals surface area contributed by atoms with E-state index in [-0.39, 0.29) is 29.2 Å². The highest BCUT2D eigenvalue weighted by Crippen LogP contribution is 2.32. The third-order valence-corrected chi connectivity index (χ3v) is 2.97. The monoisotopic (exact) mass is 346 g/mol. The largest absolute Gasteiger partial charge is 0.485 e. The molecule has 0 aromatic heterocycles. The van der Waals surface area contributed by atoms with Crippen molar-refractivity contribution in [2.45, 2.75) is 19.4 Å². The third-order valence-electron chi connectivity index (χ3n) is 2.97. The van der Waals surface area contributed by atoms with E-state index in [4.69, 9.17) is 4.74 Å². The lowest BCUT2D eigenvalue weighted by Crippen LogP contribution is -2.07. The summed E-state index contributed by atoms with van der Waals surface area (Å²) in [7, 11) is 0. The van der Waals surface area contributed by atoms with Crippen molar-refractivity contribution in [3.63, 3.8) is 0 Å². The molecule has 0 amide bonds. The van der Waals surface area contributed by atoms with Crippen LogP contribution in [0, 0.1) is 0 Å². The van der Waals surface area contributed by atoms with Gasteiger partial charge in [0.15, 0.2) is 11.5 Å². The predicted octanol–water partition coefficient (Wildman–Crippen LogP) is 4.70. The SMILES string of the molecule is O=Cc1ccc(OC(F)F)c(OCc2cccc(C(F)(F)F)c2)c1. The minimum atomic E-state index is -4.50. The molecule has 0 unspecified atom stereocenters. The summed E-state index contributed by atoms with van der Waals surface area (Å²) in [5.41, 5.74) is -0.519. The fourth-order valence-corrected chi connectivity index (χ4v) is 1.90. The molecule has 0 aliphatic heterocycles. The number of ether oxygens (including phenoxy) is 2. The molecule has 0 aliphatic rings. The Labute approximate surface area is 133 Å². The maximum absolute atomic E-state index is 12.7. The molecule has 2 aromatic rings. The fourth-order valence-electron chi connectivity index (χ4n) is 1.90. The second-order valence-electron chi connectivity index (χ2n) is 4.69. The van der Waals surface area contributed by atoms with Crippen molar-refractivity contribution in [1.29, 1.82) is 0 Å². The topological polar surface area (TPSA) is 35.5 Å². The zero-order valence-electron chi connectivity index (χ0n) is 12.0. The van der Waals surface area contributed by atoms with E-state index < -0.39 is 18.4 Å². The van der Waals surface area contributed by atoms with Gasteiger partial charge in [-0.1, -0.05) is 12.1 Å². The predicted molar refractivity (Wildman–Crippen MR) is 74.2 cm³/mol. The Morgan fingerprint density at radius 3 is 2.42 bits per heavy atom. The van der Waals surface area contributed by atoms with Gasteiger partial charge in [0.1, 0.15) is 12.9 Å². The van der Waals surface area contributed by atoms with Gasteiger partial charge in [0, 0.05) is 5.56 Å². The number of hydrogen-bond acceptors (Lipinski definition) is 3. The van der Waals surface area contributed by atoms with Gasteiger partial charge in [0.2, 0.25) is 0 Å². The van der Waals surface area contributed by atoms with Crippen molar-refractivity contribution in [1.82, 2.24) is 0 Å². The quantitative estimate of drug-likeness (QED) is 0.562. The van der Waals surface area contributed by atoms with Crippen LogP contribution in [0.1, 0.15) is 21.5 Å². The van der Waals surface area contributed by atoms with E-state index in [2.05, 4.69) is 4.74 Å². The van der Waals surface area contributed by atoms with Crippen molar-refractivity contribution < 1.29 is 36.2 Å². The summed E-state index contributed by atoms with van der Waals surface area (Å²) in [5.74, 6) is -0.486. The number of alkyl halides is 5. The number of aldehydes is 1. The number of benzene rings is 2. The third kappa shape index (κ3) is 4.68. The van der Waals surface area contributed by atoms with Crippen LogP contribution in [-0.2, 0) is 12.8 Å². The van der Waals surface area contributed by atoms with Crippen LogP contribution in [0.5, 0.6) is 11.5 Å². The van der Waals surface area contributed by atoms with E-state index in [0.29, 0.717) is 6.29 Å². The molecular weight excluding hydrogens is 335 g/mol. The first-order valence-corrected chi connectivity index (χ1v) is 6.62. The van der Waals surface area contributed by atoms with Crippen molar-refractivity contribution >= 4 is 6.29 Å². The van der Waals surface area contributed by atoms with Gasteiger partial charge in [-0.3, -0.25) is 4.79 Å². The normalized spacial score (nSPS) is 11.4. The Morgan fingerprint density at radius 1 is 1.04 bits per heavy atom. The van der Waals surface area contributed by atoms with Crippen LogP contribution in [0.25, 0.3) is 0 Å². The van der Waals surface area contributed by atoms with Gasteiger partial charge in [-0.2, -0.15) is 22.0 Å².